The minimum absolute atomic E-state index is 0.0526. The summed E-state index contributed by atoms with van der Waals surface area (Å²) in [6.45, 7) is 10.4. The van der Waals surface area contributed by atoms with Crippen LogP contribution in [0.4, 0.5) is 0 Å². The quantitative estimate of drug-likeness (QED) is 0.753. The zero-order valence-corrected chi connectivity index (χ0v) is 19.3. The van der Waals surface area contributed by atoms with Gasteiger partial charge in [0.2, 0.25) is 5.91 Å². The van der Waals surface area contributed by atoms with Crippen molar-refractivity contribution in [2.75, 3.05) is 32.7 Å². The van der Waals surface area contributed by atoms with Crippen molar-refractivity contribution < 1.29 is 17.9 Å². The number of ether oxygens (including phenoxy) is 1. The summed E-state index contributed by atoms with van der Waals surface area (Å²) in [5, 5.41) is 0. The molecule has 3 heterocycles. The van der Waals surface area contributed by atoms with Gasteiger partial charge in [0.25, 0.3) is 10.0 Å². The summed E-state index contributed by atoms with van der Waals surface area (Å²) >= 11 is 0. The Balaban J connectivity index is 1.33. The van der Waals surface area contributed by atoms with Crippen molar-refractivity contribution in [2.24, 2.45) is 10.9 Å². The van der Waals surface area contributed by atoms with Gasteiger partial charge in [-0.25, -0.2) is 8.42 Å². The summed E-state index contributed by atoms with van der Waals surface area (Å²) in [6.07, 6.45) is 2.49. The zero-order valence-electron chi connectivity index (χ0n) is 18.5. The highest BCUT2D eigenvalue weighted by Gasteiger charge is 2.33. The van der Waals surface area contributed by atoms with Gasteiger partial charge in [-0.2, -0.15) is 0 Å². The van der Waals surface area contributed by atoms with Crippen LogP contribution in [0.2, 0.25) is 0 Å². The third-order valence-electron chi connectivity index (χ3n) is 6.28. The molecule has 170 valence electrons. The summed E-state index contributed by atoms with van der Waals surface area (Å²) in [7, 11) is -3.60. The van der Waals surface area contributed by atoms with Gasteiger partial charge in [0.05, 0.1) is 17.1 Å². The Morgan fingerprint density at radius 2 is 1.84 bits per heavy atom. The van der Waals surface area contributed by atoms with Gasteiger partial charge in [-0.15, -0.1) is 0 Å². The first-order valence-corrected chi connectivity index (χ1v) is 12.6. The maximum absolute atomic E-state index is 13.0. The molecule has 1 N–H and O–H groups in total. The topological polar surface area (TPSA) is 91.3 Å². The summed E-state index contributed by atoms with van der Waals surface area (Å²) in [5.74, 6) is 0.779. The molecule has 9 heteroatoms. The highest BCUT2D eigenvalue weighted by atomic mass is 32.2. The molecule has 3 atom stereocenters. The van der Waals surface area contributed by atoms with Crippen molar-refractivity contribution in [1.82, 2.24) is 14.5 Å². The second-order valence-corrected chi connectivity index (χ2v) is 10.7. The van der Waals surface area contributed by atoms with Gasteiger partial charge in [0.1, 0.15) is 11.9 Å². The Morgan fingerprint density at radius 3 is 2.52 bits per heavy atom. The van der Waals surface area contributed by atoms with Crippen LogP contribution in [-0.2, 0) is 19.6 Å². The molecule has 1 aromatic rings. The molecule has 0 aromatic heterocycles. The second-order valence-electron chi connectivity index (χ2n) is 9.00. The molecule has 2 unspecified atom stereocenters. The molecule has 2 saturated heterocycles. The molecule has 8 nitrogen and oxygen atoms in total. The van der Waals surface area contributed by atoms with Crippen LogP contribution in [0.15, 0.2) is 34.2 Å². The van der Waals surface area contributed by atoms with E-state index in [2.05, 4.69) is 28.5 Å². The number of carbonyl (C=O) groups is 1. The SMILES string of the molecule is CC1CN(CC2CCN(C(=O)[C@H](C)N=C3NS(=O)(=O)c4ccccc43)CC2)CC(C)O1. The third kappa shape index (κ3) is 4.94. The Labute approximate surface area is 184 Å². The normalized spacial score (nSPS) is 28.9. The van der Waals surface area contributed by atoms with Gasteiger partial charge in [-0.3, -0.25) is 19.4 Å². The molecular weight excluding hydrogens is 416 g/mol. The lowest BCUT2D eigenvalue weighted by Crippen LogP contribution is -2.49. The number of benzene rings is 1. The molecular formula is C22H32N4O4S. The number of amides is 1. The standard InChI is InChI=1S/C22H32N4O4S/c1-15-12-25(13-16(2)30-15)14-18-8-10-26(11-9-18)22(27)17(3)23-21-19-6-4-5-7-20(19)31(28,29)24-21/h4-7,15-18H,8-14H2,1-3H3,(H,23,24)/t15?,16?,17-/m0/s1. The Morgan fingerprint density at radius 1 is 1.19 bits per heavy atom. The van der Waals surface area contributed by atoms with E-state index in [9.17, 15) is 13.2 Å². The van der Waals surface area contributed by atoms with Gasteiger partial charge in [-0.05, 0) is 51.7 Å². The molecule has 0 saturated carbocycles. The number of nitrogens with one attached hydrogen (secondary N) is 1. The zero-order chi connectivity index (χ0) is 22.2. The van der Waals surface area contributed by atoms with Gasteiger partial charge < -0.3 is 9.64 Å². The number of nitrogens with zero attached hydrogens (tertiary/aromatic N) is 3. The van der Waals surface area contributed by atoms with Crippen LogP contribution >= 0.6 is 0 Å². The van der Waals surface area contributed by atoms with Gasteiger partial charge in [0, 0.05) is 38.3 Å². The van der Waals surface area contributed by atoms with Crippen LogP contribution in [0.5, 0.6) is 0 Å². The lowest BCUT2D eigenvalue weighted by atomic mass is 9.95. The van der Waals surface area contributed by atoms with Crippen LogP contribution in [0, 0.1) is 5.92 Å². The number of piperidine rings is 1. The Bertz CT molecular complexity index is 946. The highest BCUT2D eigenvalue weighted by Crippen LogP contribution is 2.24. The van der Waals surface area contributed by atoms with E-state index in [1.54, 1.807) is 31.2 Å². The van der Waals surface area contributed by atoms with Gasteiger partial charge >= 0.3 is 0 Å². The molecule has 4 rings (SSSR count). The summed E-state index contributed by atoms with van der Waals surface area (Å²) in [6, 6.07) is 6.07. The average molecular weight is 449 g/mol. The largest absolute Gasteiger partial charge is 0.373 e. The van der Waals surface area contributed by atoms with E-state index >= 15 is 0 Å². The van der Waals surface area contributed by atoms with E-state index in [0.29, 0.717) is 11.5 Å². The Hall–Kier alpha value is -1.97. The number of amidine groups is 1. The third-order valence-corrected chi connectivity index (χ3v) is 7.68. The minimum Gasteiger partial charge on any atom is -0.373 e. The van der Waals surface area contributed by atoms with Gasteiger partial charge in [-0.1, -0.05) is 12.1 Å². The first kappa shape index (κ1) is 22.2. The molecule has 2 fully saturated rings. The average Bonchev–Trinajstić information content (AvgIpc) is 2.97. The maximum atomic E-state index is 13.0. The predicted molar refractivity (Wildman–Crippen MR) is 119 cm³/mol. The molecule has 3 aliphatic heterocycles. The van der Waals surface area contributed by atoms with Crippen LogP contribution < -0.4 is 4.72 Å². The van der Waals surface area contributed by atoms with Crippen LogP contribution in [0.25, 0.3) is 0 Å². The smallest absolute Gasteiger partial charge is 0.263 e. The molecule has 1 aromatic carbocycles. The monoisotopic (exact) mass is 448 g/mol. The summed E-state index contributed by atoms with van der Waals surface area (Å²) in [5.41, 5.74) is 0.523. The number of likely N-dealkylation sites (tertiary alicyclic amines) is 1. The molecule has 0 bridgehead atoms. The van der Waals surface area contributed by atoms with E-state index in [4.69, 9.17) is 4.74 Å². The number of aliphatic imine (C=N–C) groups is 1. The molecule has 0 spiro atoms. The van der Waals surface area contributed by atoms with Gasteiger partial charge in [0.15, 0.2) is 0 Å². The number of carbonyl (C=O) groups excluding carboxylic acids is 1. The first-order chi connectivity index (χ1) is 14.7. The fourth-order valence-corrected chi connectivity index (χ4v) is 6.12. The fourth-order valence-electron chi connectivity index (χ4n) is 4.88. The van der Waals surface area contributed by atoms with E-state index in [1.165, 1.54) is 0 Å². The molecule has 0 radical (unpaired) electrons. The number of morpholine rings is 1. The Kier molecular flexibility index (Phi) is 6.37. The second kappa shape index (κ2) is 8.88. The van der Waals surface area contributed by atoms with E-state index in [1.807, 2.05) is 4.90 Å². The maximum Gasteiger partial charge on any atom is 0.263 e. The summed E-state index contributed by atoms with van der Waals surface area (Å²) in [4.78, 5) is 21.9. The van der Waals surface area contributed by atoms with Crippen LogP contribution in [0.3, 0.4) is 0 Å². The number of hydrogen-bond acceptors (Lipinski definition) is 6. The fraction of sp³-hybridized carbons (Fsp3) is 0.636. The number of fused-ring (bicyclic) bond motifs is 1. The van der Waals surface area contributed by atoms with Crippen LogP contribution in [-0.4, -0.2) is 80.9 Å². The number of hydrogen-bond donors (Lipinski definition) is 1. The highest BCUT2D eigenvalue weighted by molar-refractivity contribution is 7.90. The van der Waals surface area contributed by atoms with Crippen molar-refractivity contribution >= 4 is 21.8 Å². The molecule has 31 heavy (non-hydrogen) atoms. The lowest BCUT2D eigenvalue weighted by molar-refractivity contribution is -0.133. The molecule has 3 aliphatic rings. The first-order valence-electron chi connectivity index (χ1n) is 11.1. The van der Waals surface area contributed by atoms with Crippen molar-refractivity contribution in [1.29, 1.82) is 0 Å². The van der Waals surface area contributed by atoms with E-state index < -0.39 is 16.1 Å². The van der Waals surface area contributed by atoms with E-state index in [-0.39, 0.29) is 28.8 Å². The van der Waals surface area contributed by atoms with Crippen molar-refractivity contribution in [3.63, 3.8) is 0 Å². The predicted octanol–water partition coefficient (Wildman–Crippen LogP) is 1.46. The van der Waals surface area contributed by atoms with Crippen LogP contribution in [0.1, 0.15) is 39.2 Å². The van der Waals surface area contributed by atoms with Crippen molar-refractivity contribution in [3.05, 3.63) is 29.8 Å². The minimum atomic E-state index is -3.60. The summed E-state index contributed by atoms with van der Waals surface area (Å²) < 4.78 is 32.8. The lowest BCUT2D eigenvalue weighted by Gasteiger charge is -2.39. The van der Waals surface area contributed by atoms with Crippen molar-refractivity contribution in [3.8, 4) is 0 Å². The number of sulfonamides is 1. The van der Waals surface area contributed by atoms with E-state index in [0.717, 1.165) is 45.6 Å². The number of rotatable bonds is 4. The molecule has 1 amide bonds. The molecule has 0 aliphatic carbocycles. The van der Waals surface area contributed by atoms with Crippen molar-refractivity contribution in [2.45, 2.75) is 56.8 Å².